The highest BCUT2D eigenvalue weighted by Crippen LogP contribution is 2.68. The number of hydrogen-bond acceptors (Lipinski definition) is 0. The molecule has 2 spiro atoms. The topological polar surface area (TPSA) is 9.86 Å². The van der Waals surface area contributed by atoms with Crippen molar-refractivity contribution in [3.05, 3.63) is 287 Å². The van der Waals surface area contributed by atoms with Crippen molar-refractivity contribution < 1.29 is 0 Å². The third kappa shape index (κ3) is 4.26. The van der Waals surface area contributed by atoms with E-state index in [1.165, 1.54) is 121 Å². The van der Waals surface area contributed by atoms with E-state index in [1.807, 2.05) is 0 Å². The van der Waals surface area contributed by atoms with E-state index in [4.69, 9.17) is 0 Å². The fraction of sp³-hybridized carbons (Fsp3) is 0.0303. The maximum atomic E-state index is 2.65. The first-order valence-corrected chi connectivity index (χ1v) is 23.8. The Morgan fingerprint density at radius 2 is 0.691 bits per heavy atom. The number of rotatable bonds is 2. The summed E-state index contributed by atoms with van der Waals surface area (Å²) in [4.78, 5) is 0. The van der Waals surface area contributed by atoms with Crippen LogP contribution in [-0.4, -0.2) is 9.13 Å². The van der Waals surface area contributed by atoms with Crippen LogP contribution in [0.3, 0.4) is 0 Å². The first kappa shape index (κ1) is 36.5. The molecule has 0 fully saturated rings. The summed E-state index contributed by atoms with van der Waals surface area (Å²) in [5.74, 6) is 0. The summed E-state index contributed by atoms with van der Waals surface area (Å²) in [6.45, 7) is 0. The molecule has 11 aromatic carbocycles. The lowest BCUT2D eigenvalue weighted by Gasteiger charge is -2.49. The van der Waals surface area contributed by atoms with Crippen LogP contribution in [0.15, 0.2) is 243 Å². The minimum absolute atomic E-state index is 0.581. The second-order valence-electron chi connectivity index (χ2n) is 19.0. The van der Waals surface area contributed by atoms with Gasteiger partial charge in [0.05, 0.1) is 32.9 Å². The predicted molar refractivity (Wildman–Crippen MR) is 281 cm³/mol. The summed E-state index contributed by atoms with van der Waals surface area (Å²) in [5.41, 5.74) is 21.9. The van der Waals surface area contributed by atoms with E-state index in [1.54, 1.807) is 0 Å². The van der Waals surface area contributed by atoms with Crippen LogP contribution < -0.4 is 0 Å². The highest BCUT2D eigenvalue weighted by molar-refractivity contribution is 6.22. The van der Waals surface area contributed by atoms with Gasteiger partial charge in [-0.3, -0.25) is 0 Å². The highest BCUT2D eigenvalue weighted by Gasteiger charge is 2.59. The van der Waals surface area contributed by atoms with Gasteiger partial charge in [-0.05, 0) is 132 Å². The second-order valence-corrected chi connectivity index (χ2v) is 19.0. The van der Waals surface area contributed by atoms with Crippen LogP contribution in [0.2, 0.25) is 0 Å². The standard InChI is InChI=1S/C66H40N2/c1-2-19-42(20-3-1)67-60-33-17-10-26-49(60)50-38-43(35-37-61(50)67)68-62-36-34-41-18-4-5-21-44(41)64(62)51-39-58-59(40-63(51)68)66(54-29-13-8-24-47(54)48-25-9-14-30-55(48)66)57-32-16-15-31-56(57)65(58)52-27-11-6-22-45(52)46-23-7-12-28-53(46)65/h1-40H. The Hall–Kier alpha value is -8.72. The van der Waals surface area contributed by atoms with Gasteiger partial charge >= 0.3 is 0 Å². The number of para-hydroxylation sites is 2. The van der Waals surface area contributed by atoms with E-state index in [2.05, 4.69) is 252 Å². The smallest absolute Gasteiger partial charge is 0.0720 e. The summed E-state index contributed by atoms with van der Waals surface area (Å²) in [6, 6.07) is 92.1. The minimum atomic E-state index is -0.596. The molecular formula is C66H40N2. The number of hydrogen-bond donors (Lipinski definition) is 0. The third-order valence-electron chi connectivity index (χ3n) is 16.2. The molecule has 0 radical (unpaired) electrons. The summed E-state index contributed by atoms with van der Waals surface area (Å²) >= 11 is 0. The van der Waals surface area contributed by atoms with Crippen molar-refractivity contribution >= 4 is 54.4 Å². The summed E-state index contributed by atoms with van der Waals surface area (Å²) in [7, 11) is 0. The van der Waals surface area contributed by atoms with Gasteiger partial charge in [0.25, 0.3) is 0 Å². The zero-order chi connectivity index (χ0) is 44.3. The van der Waals surface area contributed by atoms with Crippen LogP contribution in [-0.2, 0) is 10.8 Å². The van der Waals surface area contributed by atoms with E-state index < -0.39 is 10.8 Å². The van der Waals surface area contributed by atoms with Crippen LogP contribution in [0.25, 0.3) is 88.0 Å². The molecule has 0 N–H and O–H groups in total. The Kier molecular flexibility index (Phi) is 6.98. The van der Waals surface area contributed by atoms with Crippen molar-refractivity contribution in [2.45, 2.75) is 10.8 Å². The van der Waals surface area contributed by atoms with Crippen molar-refractivity contribution in [3.8, 4) is 33.6 Å². The van der Waals surface area contributed by atoms with Crippen LogP contribution in [0.5, 0.6) is 0 Å². The van der Waals surface area contributed by atoms with Gasteiger partial charge in [0, 0.05) is 32.9 Å². The molecule has 3 aliphatic carbocycles. The Balaban J connectivity index is 1.12. The van der Waals surface area contributed by atoms with Crippen molar-refractivity contribution in [2.75, 3.05) is 0 Å². The number of aromatic nitrogens is 2. The van der Waals surface area contributed by atoms with Crippen LogP contribution in [0, 0.1) is 0 Å². The van der Waals surface area contributed by atoms with E-state index in [9.17, 15) is 0 Å². The van der Waals surface area contributed by atoms with Crippen LogP contribution in [0.4, 0.5) is 0 Å². The fourth-order valence-corrected chi connectivity index (χ4v) is 13.7. The van der Waals surface area contributed by atoms with Gasteiger partial charge in [0.15, 0.2) is 0 Å². The van der Waals surface area contributed by atoms with Crippen molar-refractivity contribution in [1.29, 1.82) is 0 Å². The molecule has 314 valence electrons. The summed E-state index contributed by atoms with van der Waals surface area (Å²) in [6.07, 6.45) is 0. The molecule has 0 amide bonds. The molecule has 0 saturated carbocycles. The lowest BCUT2D eigenvalue weighted by molar-refractivity contribution is 0.634. The Morgan fingerprint density at radius 3 is 1.31 bits per heavy atom. The Labute approximate surface area is 393 Å². The second kappa shape index (κ2) is 13.0. The monoisotopic (exact) mass is 860 g/mol. The predicted octanol–water partition coefficient (Wildman–Crippen LogP) is 16.1. The lowest BCUT2D eigenvalue weighted by Crippen LogP contribution is -2.43. The SMILES string of the molecule is c1ccc(-n2c3ccccc3c3cc(-n4c5cc6c(cc5c5c7ccccc7ccc54)C4(c5ccccc5-c5ccccc54)c4ccccc4C64c5ccccc5-c5ccccc54)ccc32)cc1. The van der Waals surface area contributed by atoms with E-state index in [0.29, 0.717) is 0 Å². The molecule has 2 nitrogen and oxygen atoms in total. The maximum Gasteiger partial charge on any atom is 0.0720 e. The van der Waals surface area contributed by atoms with Gasteiger partial charge in [-0.15, -0.1) is 0 Å². The zero-order valence-electron chi connectivity index (χ0n) is 37.0. The van der Waals surface area contributed by atoms with Gasteiger partial charge in [-0.25, -0.2) is 0 Å². The van der Waals surface area contributed by atoms with Gasteiger partial charge in [0.1, 0.15) is 0 Å². The average molecular weight is 861 g/mol. The molecule has 2 aromatic heterocycles. The molecule has 68 heavy (non-hydrogen) atoms. The fourth-order valence-electron chi connectivity index (χ4n) is 13.7. The Morgan fingerprint density at radius 1 is 0.235 bits per heavy atom. The van der Waals surface area contributed by atoms with Gasteiger partial charge in [0.2, 0.25) is 0 Å². The lowest BCUT2D eigenvalue weighted by atomic mass is 9.52. The van der Waals surface area contributed by atoms with Gasteiger partial charge in [-0.2, -0.15) is 0 Å². The quantitative estimate of drug-likeness (QED) is 0.164. The van der Waals surface area contributed by atoms with Crippen LogP contribution >= 0.6 is 0 Å². The molecule has 0 saturated heterocycles. The summed E-state index contributed by atoms with van der Waals surface area (Å²) < 4.78 is 4.99. The van der Waals surface area contributed by atoms with E-state index in [0.717, 1.165) is 11.4 Å². The molecule has 13 aromatic rings. The summed E-state index contributed by atoms with van der Waals surface area (Å²) in [5, 5.41) is 7.52. The van der Waals surface area contributed by atoms with E-state index >= 15 is 0 Å². The van der Waals surface area contributed by atoms with Crippen LogP contribution in [0.1, 0.15) is 44.5 Å². The number of fused-ring (bicyclic) bond motifs is 24. The van der Waals surface area contributed by atoms with Crippen molar-refractivity contribution in [1.82, 2.24) is 9.13 Å². The molecule has 0 atom stereocenters. The van der Waals surface area contributed by atoms with Crippen molar-refractivity contribution in [2.24, 2.45) is 0 Å². The number of benzene rings is 11. The molecule has 0 unspecified atom stereocenters. The van der Waals surface area contributed by atoms with Gasteiger partial charge in [-0.1, -0.05) is 188 Å². The number of nitrogens with zero attached hydrogens (tertiary/aromatic N) is 2. The molecule has 3 aliphatic rings. The zero-order valence-corrected chi connectivity index (χ0v) is 37.0. The molecular weight excluding hydrogens is 821 g/mol. The molecule has 2 heterocycles. The average Bonchev–Trinajstić information content (AvgIpc) is 4.11. The third-order valence-corrected chi connectivity index (χ3v) is 16.2. The molecule has 2 heteroatoms. The van der Waals surface area contributed by atoms with Crippen molar-refractivity contribution in [3.63, 3.8) is 0 Å². The molecule has 16 rings (SSSR count). The van der Waals surface area contributed by atoms with E-state index in [-0.39, 0.29) is 0 Å². The van der Waals surface area contributed by atoms with Gasteiger partial charge < -0.3 is 9.13 Å². The first-order chi connectivity index (χ1) is 33.8. The molecule has 0 bridgehead atoms. The normalized spacial score (nSPS) is 14.4. The highest BCUT2D eigenvalue weighted by atomic mass is 15.0. The first-order valence-electron chi connectivity index (χ1n) is 23.8. The largest absolute Gasteiger partial charge is 0.309 e. The Bertz CT molecular complexity index is 4240. The maximum absolute atomic E-state index is 2.65. The minimum Gasteiger partial charge on any atom is -0.309 e. The molecule has 0 aliphatic heterocycles.